The van der Waals surface area contributed by atoms with Crippen LogP contribution in [-0.4, -0.2) is 13.3 Å². The molecule has 0 unspecified atom stereocenters. The number of nitro groups is 1. The molecule has 112 valence electrons. The van der Waals surface area contributed by atoms with Crippen LogP contribution in [0.25, 0.3) is 0 Å². The Morgan fingerprint density at radius 1 is 1.33 bits per heavy atom. The standard InChI is InChI=1S/C10H9IN4O4S2/c11-6-2-1-3-7(4-6)14-21(18,19)9-5-8(15(16)17)10(13-12)20-9/h1-5,13-14H,12H2. The second-order valence-electron chi connectivity index (χ2n) is 3.80. The van der Waals surface area contributed by atoms with Gasteiger partial charge in [0.05, 0.1) is 4.92 Å². The zero-order valence-electron chi connectivity index (χ0n) is 10.2. The van der Waals surface area contributed by atoms with Gasteiger partial charge in [0.15, 0.2) is 5.00 Å². The van der Waals surface area contributed by atoms with Crippen molar-refractivity contribution < 1.29 is 13.3 Å². The third-order valence-corrected chi connectivity index (χ3v) is 5.94. The van der Waals surface area contributed by atoms with Crippen LogP contribution in [0, 0.1) is 13.7 Å². The summed E-state index contributed by atoms with van der Waals surface area (Å²) in [7, 11) is -3.91. The van der Waals surface area contributed by atoms with E-state index in [0.717, 1.165) is 9.64 Å². The highest BCUT2D eigenvalue weighted by molar-refractivity contribution is 14.1. The molecule has 4 N–H and O–H groups in total. The van der Waals surface area contributed by atoms with Gasteiger partial charge in [-0.15, -0.1) is 0 Å². The lowest BCUT2D eigenvalue weighted by molar-refractivity contribution is -0.383. The first kappa shape index (κ1) is 15.9. The minimum Gasteiger partial charge on any atom is -0.310 e. The quantitative estimate of drug-likeness (QED) is 0.284. The van der Waals surface area contributed by atoms with Crippen molar-refractivity contribution >= 4 is 60.3 Å². The van der Waals surface area contributed by atoms with Gasteiger partial charge in [0.25, 0.3) is 10.0 Å². The van der Waals surface area contributed by atoms with Crippen LogP contribution in [0.4, 0.5) is 16.4 Å². The molecule has 1 aromatic heterocycles. The summed E-state index contributed by atoms with van der Waals surface area (Å²) >= 11 is 2.74. The summed E-state index contributed by atoms with van der Waals surface area (Å²) in [5, 5.41) is 10.8. The second-order valence-corrected chi connectivity index (χ2v) is 8.00. The third-order valence-electron chi connectivity index (χ3n) is 2.36. The zero-order chi connectivity index (χ0) is 15.6. The first-order chi connectivity index (χ1) is 9.83. The van der Waals surface area contributed by atoms with E-state index in [1.54, 1.807) is 18.2 Å². The Morgan fingerprint density at radius 2 is 2.05 bits per heavy atom. The summed E-state index contributed by atoms with van der Waals surface area (Å²) in [6.45, 7) is 0. The average Bonchev–Trinajstić information content (AvgIpc) is 2.83. The number of hydrazine groups is 1. The smallest absolute Gasteiger partial charge is 0.306 e. The Kier molecular flexibility index (Phi) is 4.65. The summed E-state index contributed by atoms with van der Waals surface area (Å²) < 4.78 is 27.5. The molecule has 0 saturated heterocycles. The summed E-state index contributed by atoms with van der Waals surface area (Å²) in [4.78, 5) is 10.1. The summed E-state index contributed by atoms with van der Waals surface area (Å²) in [6.07, 6.45) is 0. The maximum Gasteiger partial charge on any atom is 0.306 e. The molecule has 0 amide bonds. The number of nitrogens with one attached hydrogen (secondary N) is 2. The highest BCUT2D eigenvalue weighted by atomic mass is 127. The molecule has 11 heteroatoms. The fourth-order valence-electron chi connectivity index (χ4n) is 1.49. The molecule has 0 saturated carbocycles. The van der Waals surface area contributed by atoms with Crippen molar-refractivity contribution in [2.75, 3.05) is 10.1 Å². The van der Waals surface area contributed by atoms with Crippen LogP contribution in [0.3, 0.4) is 0 Å². The van der Waals surface area contributed by atoms with Gasteiger partial charge in [-0.2, -0.15) is 0 Å². The van der Waals surface area contributed by atoms with Gasteiger partial charge in [-0.25, -0.2) is 14.3 Å². The topological polar surface area (TPSA) is 127 Å². The maximum absolute atomic E-state index is 12.2. The molecule has 1 heterocycles. The van der Waals surface area contributed by atoms with E-state index in [1.807, 2.05) is 28.7 Å². The van der Waals surface area contributed by atoms with E-state index in [1.165, 1.54) is 0 Å². The van der Waals surface area contributed by atoms with Crippen molar-refractivity contribution in [2.45, 2.75) is 4.21 Å². The van der Waals surface area contributed by atoms with Crippen molar-refractivity contribution in [3.63, 3.8) is 0 Å². The lowest BCUT2D eigenvalue weighted by Crippen LogP contribution is -2.11. The lowest BCUT2D eigenvalue weighted by Gasteiger charge is -2.05. The summed E-state index contributed by atoms with van der Waals surface area (Å²) in [6, 6.07) is 7.70. The van der Waals surface area contributed by atoms with E-state index >= 15 is 0 Å². The molecule has 0 aliphatic rings. The van der Waals surface area contributed by atoms with Crippen LogP contribution in [0.2, 0.25) is 0 Å². The number of hydrogen-bond acceptors (Lipinski definition) is 7. The number of anilines is 2. The number of rotatable bonds is 5. The molecule has 0 fully saturated rings. The highest BCUT2D eigenvalue weighted by Crippen LogP contribution is 2.36. The van der Waals surface area contributed by atoms with Gasteiger partial charge in [-0.3, -0.25) is 14.8 Å². The van der Waals surface area contributed by atoms with Crippen LogP contribution in [0.5, 0.6) is 0 Å². The molecule has 8 nitrogen and oxygen atoms in total. The minimum atomic E-state index is -3.91. The van der Waals surface area contributed by atoms with E-state index in [4.69, 9.17) is 5.84 Å². The molecule has 0 aliphatic heterocycles. The first-order valence-electron chi connectivity index (χ1n) is 5.36. The summed E-state index contributed by atoms with van der Waals surface area (Å²) in [5.74, 6) is 5.16. The van der Waals surface area contributed by atoms with E-state index < -0.39 is 14.9 Å². The molecule has 0 aliphatic carbocycles. The van der Waals surface area contributed by atoms with E-state index in [-0.39, 0.29) is 14.9 Å². The number of thiophene rings is 1. The Balaban J connectivity index is 2.38. The number of nitrogen functional groups attached to an aromatic ring is 1. The van der Waals surface area contributed by atoms with Crippen molar-refractivity contribution in [2.24, 2.45) is 5.84 Å². The maximum atomic E-state index is 12.2. The number of nitrogens with two attached hydrogens (primary N) is 1. The highest BCUT2D eigenvalue weighted by Gasteiger charge is 2.26. The molecule has 2 aromatic rings. The van der Waals surface area contributed by atoms with Crippen LogP contribution < -0.4 is 16.0 Å². The number of hydrogen-bond donors (Lipinski definition) is 3. The largest absolute Gasteiger partial charge is 0.310 e. The SMILES string of the molecule is NNc1sc(S(=O)(=O)Nc2cccc(I)c2)cc1[N+](=O)[O-]. The Hall–Kier alpha value is -1.44. The van der Waals surface area contributed by atoms with Crippen molar-refractivity contribution in [1.29, 1.82) is 0 Å². The van der Waals surface area contributed by atoms with E-state index in [0.29, 0.717) is 17.0 Å². The average molecular weight is 440 g/mol. The third kappa shape index (κ3) is 3.61. The van der Waals surface area contributed by atoms with Crippen LogP contribution in [-0.2, 0) is 10.0 Å². The number of halogens is 1. The van der Waals surface area contributed by atoms with E-state index in [2.05, 4.69) is 10.1 Å². The van der Waals surface area contributed by atoms with Crippen molar-refractivity contribution in [1.82, 2.24) is 0 Å². The number of benzene rings is 1. The van der Waals surface area contributed by atoms with E-state index in [9.17, 15) is 18.5 Å². The van der Waals surface area contributed by atoms with Gasteiger partial charge in [-0.1, -0.05) is 17.4 Å². The predicted octanol–water partition coefficient (Wildman–Crippen LogP) is 2.35. The minimum absolute atomic E-state index is 0.0250. The van der Waals surface area contributed by atoms with Crippen LogP contribution >= 0.6 is 33.9 Å². The molecule has 0 atom stereocenters. The van der Waals surface area contributed by atoms with Gasteiger partial charge < -0.3 is 5.43 Å². The number of sulfonamides is 1. The molecule has 0 bridgehead atoms. The predicted molar refractivity (Wildman–Crippen MR) is 88.8 cm³/mol. The lowest BCUT2D eigenvalue weighted by atomic mass is 10.3. The molecular formula is C10H9IN4O4S2. The monoisotopic (exact) mass is 440 g/mol. The normalized spacial score (nSPS) is 11.1. The Labute approximate surface area is 137 Å². The van der Waals surface area contributed by atoms with Crippen LogP contribution in [0.15, 0.2) is 34.5 Å². The molecular weight excluding hydrogens is 431 g/mol. The first-order valence-corrected chi connectivity index (χ1v) is 8.74. The van der Waals surface area contributed by atoms with Gasteiger partial charge in [0.1, 0.15) is 4.21 Å². The molecule has 0 radical (unpaired) electrons. The molecule has 21 heavy (non-hydrogen) atoms. The van der Waals surface area contributed by atoms with Crippen molar-refractivity contribution in [3.05, 3.63) is 44.0 Å². The van der Waals surface area contributed by atoms with Crippen LogP contribution in [0.1, 0.15) is 0 Å². The van der Waals surface area contributed by atoms with Gasteiger partial charge in [0.2, 0.25) is 0 Å². The Bertz CT molecular complexity index is 790. The van der Waals surface area contributed by atoms with Gasteiger partial charge in [-0.05, 0) is 40.8 Å². The fraction of sp³-hybridized carbons (Fsp3) is 0. The number of nitrogens with zero attached hydrogens (tertiary/aromatic N) is 1. The van der Waals surface area contributed by atoms with Crippen molar-refractivity contribution in [3.8, 4) is 0 Å². The van der Waals surface area contributed by atoms with Gasteiger partial charge >= 0.3 is 5.69 Å². The molecule has 0 spiro atoms. The molecule has 1 aromatic carbocycles. The fourth-order valence-corrected chi connectivity index (χ4v) is 4.32. The second kappa shape index (κ2) is 6.13. The molecule has 2 rings (SSSR count). The summed E-state index contributed by atoms with van der Waals surface area (Å²) in [5.41, 5.74) is 2.12. The van der Waals surface area contributed by atoms with Gasteiger partial charge in [0, 0.05) is 15.3 Å². The zero-order valence-corrected chi connectivity index (χ0v) is 14.0. The Morgan fingerprint density at radius 3 is 2.57 bits per heavy atom.